The van der Waals surface area contributed by atoms with Crippen LogP contribution in [0.2, 0.25) is 0 Å². The molecule has 0 aromatic carbocycles. The minimum absolute atomic E-state index is 0.0143. The summed E-state index contributed by atoms with van der Waals surface area (Å²) in [6.45, 7) is 8.56. The highest BCUT2D eigenvalue weighted by Crippen LogP contribution is 2.18. The van der Waals surface area contributed by atoms with E-state index in [2.05, 4.69) is 49.1 Å². The van der Waals surface area contributed by atoms with Crippen molar-refractivity contribution < 1.29 is 0 Å². The highest BCUT2D eigenvalue weighted by molar-refractivity contribution is 8.02. The second-order valence-corrected chi connectivity index (χ2v) is 5.74. The predicted molar refractivity (Wildman–Crippen MR) is 72.5 cm³/mol. The van der Waals surface area contributed by atoms with E-state index >= 15 is 0 Å². The van der Waals surface area contributed by atoms with Gasteiger partial charge in [-0.3, -0.25) is 0 Å². The van der Waals surface area contributed by atoms with Crippen LogP contribution in [-0.4, -0.2) is 15.7 Å². The van der Waals surface area contributed by atoms with Crippen LogP contribution in [0.1, 0.15) is 45.6 Å². The molecule has 1 aromatic heterocycles. The van der Waals surface area contributed by atoms with Gasteiger partial charge < -0.3 is 0 Å². The zero-order chi connectivity index (χ0) is 12.0. The summed E-state index contributed by atoms with van der Waals surface area (Å²) in [5.74, 6) is 2.06. The molecule has 0 aliphatic heterocycles. The van der Waals surface area contributed by atoms with Gasteiger partial charge in [0.25, 0.3) is 0 Å². The van der Waals surface area contributed by atoms with Crippen LogP contribution in [0.4, 0.5) is 0 Å². The van der Waals surface area contributed by atoms with Crippen molar-refractivity contribution >= 4 is 17.8 Å². The second-order valence-electron chi connectivity index (χ2n) is 4.73. The number of thioether (sulfide) groups is 1. The average Bonchev–Trinajstić information content (AvgIpc) is 2.24. The number of nitrogens with zero attached hydrogens (tertiary/aromatic N) is 2. The Bertz CT molecular complexity index is 353. The molecule has 1 rings (SSSR count). The van der Waals surface area contributed by atoms with Crippen LogP contribution in [0.3, 0.4) is 0 Å². The average molecular weight is 236 g/mol. The summed E-state index contributed by atoms with van der Waals surface area (Å²) in [4.78, 5) is 8.83. The molecule has 0 unspecified atom stereocenters. The van der Waals surface area contributed by atoms with Crippen molar-refractivity contribution in [1.82, 2.24) is 9.97 Å². The number of rotatable bonds is 4. The Hall–Kier alpha value is -0.830. The Labute approximate surface area is 103 Å². The van der Waals surface area contributed by atoms with Crippen LogP contribution < -0.4 is 0 Å². The fourth-order valence-electron chi connectivity index (χ4n) is 1.13. The topological polar surface area (TPSA) is 25.8 Å². The Morgan fingerprint density at radius 2 is 2.12 bits per heavy atom. The third-order valence-corrected chi connectivity index (χ3v) is 2.98. The molecular formula is C13H20N2S. The lowest BCUT2D eigenvalue weighted by Gasteiger charge is -2.15. The molecule has 3 heteroatoms. The minimum Gasteiger partial charge on any atom is -0.241 e. The standard InChI is InChI=1S/C13H20N2S/c1-5-9-16-10-7-11-6-8-14-12(15-11)13(2,3)4/h6-8,10H,5,9H2,1-4H3/b10-7+. The Kier molecular flexibility index (Phi) is 5.00. The van der Waals surface area contributed by atoms with E-state index in [9.17, 15) is 0 Å². The van der Waals surface area contributed by atoms with E-state index in [4.69, 9.17) is 0 Å². The molecule has 0 N–H and O–H groups in total. The lowest BCUT2D eigenvalue weighted by atomic mass is 9.96. The third-order valence-electron chi connectivity index (χ3n) is 2.00. The molecule has 88 valence electrons. The van der Waals surface area contributed by atoms with Crippen LogP contribution in [0.15, 0.2) is 17.7 Å². The normalized spacial score (nSPS) is 12.2. The van der Waals surface area contributed by atoms with Gasteiger partial charge in [-0.25, -0.2) is 9.97 Å². The van der Waals surface area contributed by atoms with Crippen molar-refractivity contribution in [2.24, 2.45) is 0 Å². The smallest absolute Gasteiger partial charge is 0.134 e. The molecule has 0 aliphatic rings. The summed E-state index contributed by atoms with van der Waals surface area (Å²) in [6.07, 6.45) is 5.08. The first-order valence-electron chi connectivity index (χ1n) is 5.65. The molecule has 0 aliphatic carbocycles. The van der Waals surface area contributed by atoms with E-state index in [1.54, 1.807) is 0 Å². The number of hydrogen-bond donors (Lipinski definition) is 0. The number of hydrogen-bond acceptors (Lipinski definition) is 3. The summed E-state index contributed by atoms with van der Waals surface area (Å²) in [5.41, 5.74) is 1.00. The molecule has 1 heterocycles. The molecule has 0 radical (unpaired) electrons. The van der Waals surface area contributed by atoms with E-state index in [0.29, 0.717) is 0 Å². The summed E-state index contributed by atoms with van der Waals surface area (Å²) in [5, 5.41) is 2.11. The van der Waals surface area contributed by atoms with Gasteiger partial charge in [0.05, 0.1) is 5.69 Å². The van der Waals surface area contributed by atoms with Crippen LogP contribution in [-0.2, 0) is 5.41 Å². The summed E-state index contributed by atoms with van der Waals surface area (Å²) < 4.78 is 0. The molecule has 0 saturated heterocycles. The van der Waals surface area contributed by atoms with Crippen molar-refractivity contribution in [3.05, 3.63) is 29.2 Å². The molecular weight excluding hydrogens is 216 g/mol. The van der Waals surface area contributed by atoms with E-state index in [1.165, 1.54) is 6.42 Å². The fourth-order valence-corrected chi connectivity index (χ4v) is 1.74. The molecule has 0 amide bonds. The first-order valence-corrected chi connectivity index (χ1v) is 6.70. The van der Waals surface area contributed by atoms with Crippen molar-refractivity contribution in [2.45, 2.75) is 39.5 Å². The molecule has 0 saturated carbocycles. The molecule has 0 bridgehead atoms. The van der Waals surface area contributed by atoms with E-state index in [1.807, 2.05) is 24.0 Å². The highest BCUT2D eigenvalue weighted by Gasteiger charge is 2.16. The van der Waals surface area contributed by atoms with Gasteiger partial charge in [-0.2, -0.15) is 0 Å². The predicted octanol–water partition coefficient (Wildman–Crippen LogP) is 3.89. The van der Waals surface area contributed by atoms with Crippen molar-refractivity contribution in [3.8, 4) is 0 Å². The van der Waals surface area contributed by atoms with Crippen LogP contribution in [0.5, 0.6) is 0 Å². The summed E-state index contributed by atoms with van der Waals surface area (Å²) in [7, 11) is 0. The maximum absolute atomic E-state index is 4.53. The largest absolute Gasteiger partial charge is 0.241 e. The molecule has 1 aromatic rings. The van der Waals surface area contributed by atoms with Gasteiger partial charge in [-0.15, -0.1) is 11.8 Å². The molecule has 0 fully saturated rings. The van der Waals surface area contributed by atoms with Crippen LogP contribution in [0, 0.1) is 0 Å². The van der Waals surface area contributed by atoms with Crippen LogP contribution in [0.25, 0.3) is 6.08 Å². The summed E-state index contributed by atoms with van der Waals surface area (Å²) in [6, 6.07) is 1.94. The quantitative estimate of drug-likeness (QED) is 0.742. The monoisotopic (exact) mass is 236 g/mol. The Morgan fingerprint density at radius 3 is 2.75 bits per heavy atom. The summed E-state index contributed by atoms with van der Waals surface area (Å²) >= 11 is 1.82. The highest BCUT2D eigenvalue weighted by atomic mass is 32.2. The first kappa shape index (κ1) is 13.2. The lowest BCUT2D eigenvalue weighted by Crippen LogP contribution is -2.16. The molecule has 2 nitrogen and oxygen atoms in total. The van der Waals surface area contributed by atoms with Gasteiger partial charge >= 0.3 is 0 Å². The zero-order valence-corrected chi connectivity index (χ0v) is 11.3. The van der Waals surface area contributed by atoms with Gasteiger partial charge in [0.15, 0.2) is 0 Å². The van der Waals surface area contributed by atoms with Gasteiger partial charge in [-0.1, -0.05) is 27.7 Å². The van der Waals surface area contributed by atoms with Crippen molar-refractivity contribution in [3.63, 3.8) is 0 Å². The Balaban J connectivity index is 2.71. The molecule has 0 spiro atoms. The third kappa shape index (κ3) is 4.35. The minimum atomic E-state index is 0.0143. The second kappa shape index (κ2) is 6.04. The first-order chi connectivity index (χ1) is 7.54. The maximum Gasteiger partial charge on any atom is 0.134 e. The van der Waals surface area contributed by atoms with E-state index in [-0.39, 0.29) is 5.41 Å². The van der Waals surface area contributed by atoms with Crippen molar-refractivity contribution in [2.75, 3.05) is 5.75 Å². The number of aromatic nitrogens is 2. The van der Waals surface area contributed by atoms with Gasteiger partial charge in [-0.05, 0) is 29.7 Å². The Morgan fingerprint density at radius 1 is 1.38 bits per heavy atom. The maximum atomic E-state index is 4.53. The van der Waals surface area contributed by atoms with Gasteiger partial charge in [0.1, 0.15) is 5.82 Å². The SMILES string of the molecule is CCCS/C=C/c1ccnc(C(C)(C)C)n1. The molecule has 16 heavy (non-hydrogen) atoms. The molecule has 0 atom stereocenters. The van der Waals surface area contributed by atoms with Gasteiger partial charge in [0.2, 0.25) is 0 Å². The fraction of sp³-hybridized carbons (Fsp3) is 0.538. The van der Waals surface area contributed by atoms with E-state index < -0.39 is 0 Å². The van der Waals surface area contributed by atoms with Gasteiger partial charge in [0, 0.05) is 11.6 Å². The zero-order valence-electron chi connectivity index (χ0n) is 10.5. The lowest BCUT2D eigenvalue weighted by molar-refractivity contribution is 0.544. The van der Waals surface area contributed by atoms with E-state index in [0.717, 1.165) is 17.3 Å². The van der Waals surface area contributed by atoms with Crippen molar-refractivity contribution in [1.29, 1.82) is 0 Å². The van der Waals surface area contributed by atoms with Crippen LogP contribution >= 0.6 is 11.8 Å².